The number of para-hydroxylation sites is 1. The Hall–Kier alpha value is -3.57. The molecular weight excluding hydrogens is 312 g/mol. The van der Waals surface area contributed by atoms with Crippen LogP contribution >= 0.6 is 0 Å². The first-order valence-corrected chi connectivity index (χ1v) is 7.85. The predicted octanol–water partition coefficient (Wildman–Crippen LogP) is 3.70. The summed E-state index contributed by atoms with van der Waals surface area (Å²) in [7, 11) is 0. The van der Waals surface area contributed by atoms with Crippen LogP contribution in [0.1, 0.15) is 22.5 Å². The lowest BCUT2D eigenvalue weighted by Crippen LogP contribution is -2.07. The van der Waals surface area contributed by atoms with E-state index in [2.05, 4.69) is 17.2 Å². The van der Waals surface area contributed by atoms with Crippen molar-refractivity contribution in [1.82, 2.24) is 9.78 Å². The van der Waals surface area contributed by atoms with E-state index in [1.54, 1.807) is 4.68 Å². The molecule has 3 aromatic rings. The van der Waals surface area contributed by atoms with Crippen LogP contribution in [0.5, 0.6) is 5.75 Å². The van der Waals surface area contributed by atoms with Gasteiger partial charge in [0.2, 0.25) is 0 Å². The lowest BCUT2D eigenvalue weighted by Gasteiger charge is -2.10. The van der Waals surface area contributed by atoms with E-state index in [-0.39, 0.29) is 6.61 Å². The van der Waals surface area contributed by atoms with Crippen molar-refractivity contribution in [3.05, 3.63) is 77.1 Å². The molecule has 0 aliphatic heterocycles. The number of rotatable bonds is 5. The molecule has 2 aromatic carbocycles. The van der Waals surface area contributed by atoms with E-state index in [4.69, 9.17) is 10.00 Å². The van der Waals surface area contributed by atoms with Crippen molar-refractivity contribution < 1.29 is 4.74 Å². The third kappa shape index (κ3) is 3.52. The van der Waals surface area contributed by atoms with E-state index in [0.29, 0.717) is 29.1 Å². The van der Waals surface area contributed by atoms with Crippen LogP contribution in [0.4, 0.5) is 0 Å². The third-order valence-corrected chi connectivity index (χ3v) is 3.85. The molecule has 5 nitrogen and oxygen atoms in total. The molecule has 0 aliphatic carbocycles. The van der Waals surface area contributed by atoms with E-state index >= 15 is 0 Å². The van der Waals surface area contributed by atoms with Gasteiger partial charge in [0, 0.05) is 0 Å². The Kier molecular flexibility index (Phi) is 4.78. The maximum Gasteiger partial charge on any atom is 0.132 e. The van der Waals surface area contributed by atoms with E-state index < -0.39 is 0 Å². The van der Waals surface area contributed by atoms with Gasteiger partial charge in [0.15, 0.2) is 0 Å². The second kappa shape index (κ2) is 7.33. The summed E-state index contributed by atoms with van der Waals surface area (Å²) in [5.74, 6) is 0.684. The average Bonchev–Trinajstić information content (AvgIpc) is 2.97. The minimum Gasteiger partial charge on any atom is -0.487 e. The summed E-state index contributed by atoms with van der Waals surface area (Å²) in [6.45, 7) is 2.05. The van der Waals surface area contributed by atoms with E-state index in [0.717, 1.165) is 11.3 Å². The van der Waals surface area contributed by atoms with Crippen molar-refractivity contribution in [2.75, 3.05) is 0 Å². The first-order valence-electron chi connectivity index (χ1n) is 7.85. The van der Waals surface area contributed by atoms with E-state index in [9.17, 15) is 5.26 Å². The van der Waals surface area contributed by atoms with Crippen molar-refractivity contribution in [3.63, 3.8) is 0 Å². The molecule has 1 heterocycles. The minimum absolute atomic E-state index is 0.232. The first-order chi connectivity index (χ1) is 12.2. The van der Waals surface area contributed by atoms with Gasteiger partial charge in [-0.1, -0.05) is 30.3 Å². The monoisotopic (exact) mass is 328 g/mol. The molecule has 0 saturated carbocycles. The number of aromatic nitrogens is 2. The van der Waals surface area contributed by atoms with Gasteiger partial charge in [-0.05, 0) is 36.8 Å². The topological polar surface area (TPSA) is 74.6 Å². The number of aryl methyl sites for hydroxylation is 1. The van der Waals surface area contributed by atoms with Crippen LogP contribution in [-0.2, 0) is 13.0 Å². The standard InChI is InChI=1S/C20H16N4O/c1-15-19(13-22)20(24(23-15)17-5-3-2-4-6-17)14-25-18-9-7-16(8-10-18)11-12-21/h2-10H,11,14H2,1H3. The van der Waals surface area contributed by atoms with Gasteiger partial charge < -0.3 is 4.74 Å². The maximum absolute atomic E-state index is 9.46. The van der Waals surface area contributed by atoms with Gasteiger partial charge in [-0.2, -0.15) is 15.6 Å². The number of hydrogen-bond acceptors (Lipinski definition) is 4. The molecule has 0 aliphatic rings. The molecule has 0 atom stereocenters. The summed E-state index contributed by atoms with van der Waals surface area (Å²) >= 11 is 0. The number of nitrogens with zero attached hydrogens (tertiary/aromatic N) is 4. The quantitative estimate of drug-likeness (QED) is 0.716. The molecule has 0 saturated heterocycles. The molecule has 0 amide bonds. The second-order valence-corrected chi connectivity index (χ2v) is 5.53. The summed E-state index contributed by atoms with van der Waals surface area (Å²) < 4.78 is 7.60. The lowest BCUT2D eigenvalue weighted by atomic mass is 10.1. The molecule has 122 valence electrons. The molecule has 0 N–H and O–H groups in total. The molecule has 0 spiro atoms. The van der Waals surface area contributed by atoms with Crippen molar-refractivity contribution in [3.8, 4) is 23.6 Å². The van der Waals surface area contributed by atoms with Gasteiger partial charge in [0.05, 0.1) is 29.6 Å². The van der Waals surface area contributed by atoms with Crippen LogP contribution < -0.4 is 4.74 Å². The number of hydrogen-bond donors (Lipinski definition) is 0. The molecular formula is C20H16N4O. The van der Waals surface area contributed by atoms with E-state index in [1.807, 2.05) is 61.5 Å². The van der Waals surface area contributed by atoms with Crippen LogP contribution in [0.2, 0.25) is 0 Å². The van der Waals surface area contributed by atoms with Crippen molar-refractivity contribution in [1.29, 1.82) is 10.5 Å². The average molecular weight is 328 g/mol. The van der Waals surface area contributed by atoms with Crippen LogP contribution in [-0.4, -0.2) is 9.78 Å². The molecule has 25 heavy (non-hydrogen) atoms. The van der Waals surface area contributed by atoms with Gasteiger partial charge in [0.1, 0.15) is 24.0 Å². The van der Waals surface area contributed by atoms with Crippen LogP contribution in [0.25, 0.3) is 5.69 Å². The third-order valence-electron chi connectivity index (χ3n) is 3.85. The fourth-order valence-corrected chi connectivity index (χ4v) is 2.58. The Balaban J connectivity index is 1.87. The number of benzene rings is 2. The highest BCUT2D eigenvalue weighted by molar-refractivity contribution is 5.43. The molecule has 0 bridgehead atoms. The Morgan fingerprint density at radius 2 is 1.76 bits per heavy atom. The van der Waals surface area contributed by atoms with E-state index in [1.165, 1.54) is 0 Å². The highest BCUT2D eigenvalue weighted by Crippen LogP contribution is 2.21. The van der Waals surface area contributed by atoms with Gasteiger partial charge in [-0.25, -0.2) is 4.68 Å². The zero-order valence-corrected chi connectivity index (χ0v) is 13.8. The van der Waals surface area contributed by atoms with Crippen molar-refractivity contribution in [2.24, 2.45) is 0 Å². The molecule has 1 aromatic heterocycles. The fourth-order valence-electron chi connectivity index (χ4n) is 2.58. The highest BCUT2D eigenvalue weighted by Gasteiger charge is 2.16. The molecule has 0 unspecified atom stereocenters. The van der Waals surface area contributed by atoms with Crippen LogP contribution in [0, 0.1) is 29.6 Å². The van der Waals surface area contributed by atoms with Crippen molar-refractivity contribution >= 4 is 0 Å². The Morgan fingerprint density at radius 3 is 2.40 bits per heavy atom. The Bertz CT molecular complexity index is 944. The van der Waals surface area contributed by atoms with Crippen LogP contribution in [0.3, 0.4) is 0 Å². The van der Waals surface area contributed by atoms with Gasteiger partial charge >= 0.3 is 0 Å². The van der Waals surface area contributed by atoms with Crippen molar-refractivity contribution in [2.45, 2.75) is 20.0 Å². The Labute approximate surface area is 146 Å². The molecule has 0 fully saturated rings. The smallest absolute Gasteiger partial charge is 0.132 e. The predicted molar refractivity (Wildman–Crippen MR) is 93.1 cm³/mol. The summed E-state index contributed by atoms with van der Waals surface area (Å²) in [5.41, 5.74) is 3.75. The normalized spacial score (nSPS) is 10.0. The fraction of sp³-hybridized carbons (Fsp3) is 0.150. The lowest BCUT2D eigenvalue weighted by molar-refractivity contribution is 0.297. The van der Waals surface area contributed by atoms with Gasteiger partial charge in [-0.3, -0.25) is 0 Å². The van der Waals surface area contributed by atoms with Gasteiger partial charge in [0.25, 0.3) is 0 Å². The zero-order chi connectivity index (χ0) is 17.6. The summed E-state index contributed by atoms with van der Waals surface area (Å²) in [4.78, 5) is 0. The number of ether oxygens (including phenoxy) is 1. The molecule has 5 heteroatoms. The summed E-state index contributed by atoms with van der Waals surface area (Å²) in [5, 5.41) is 22.7. The highest BCUT2D eigenvalue weighted by atomic mass is 16.5. The Morgan fingerprint density at radius 1 is 1.04 bits per heavy atom. The van der Waals surface area contributed by atoms with Gasteiger partial charge in [-0.15, -0.1) is 0 Å². The SMILES string of the molecule is Cc1nn(-c2ccccc2)c(COc2ccc(CC#N)cc2)c1C#N. The maximum atomic E-state index is 9.46. The number of nitriles is 2. The van der Waals surface area contributed by atoms with Crippen LogP contribution in [0.15, 0.2) is 54.6 Å². The largest absolute Gasteiger partial charge is 0.487 e. The molecule has 0 radical (unpaired) electrons. The zero-order valence-electron chi connectivity index (χ0n) is 13.8. The first kappa shape index (κ1) is 16.3. The second-order valence-electron chi connectivity index (χ2n) is 5.53. The minimum atomic E-state index is 0.232. The summed E-state index contributed by atoms with van der Waals surface area (Å²) in [6.07, 6.45) is 0.374. The summed E-state index contributed by atoms with van der Waals surface area (Å²) in [6, 6.07) is 21.4. The molecule has 3 rings (SSSR count).